The number of aromatic nitrogens is 2. The number of aromatic carboxylic acids is 1. The average Bonchev–Trinajstić information content (AvgIpc) is 2.63. The molecular formula is C13H16N2O3. The molecule has 0 aliphatic heterocycles. The molecule has 0 radical (unpaired) electrons. The minimum Gasteiger partial charge on any atom is -0.478 e. The van der Waals surface area contributed by atoms with E-state index in [1.54, 1.807) is 29.9 Å². The first-order valence-corrected chi connectivity index (χ1v) is 5.82. The summed E-state index contributed by atoms with van der Waals surface area (Å²) in [5.74, 6) is 0.0289. The van der Waals surface area contributed by atoms with Crippen molar-refractivity contribution in [1.29, 1.82) is 0 Å². The standard InChI is InChI=1S/C13H16N2O3/c1-8(2)7-18-12-10-5-4-9(13(16)17)6-11(10)15(3)14-12/h4-6,8H,7H2,1-3H3,(H,16,17). The minimum atomic E-state index is -0.942. The Morgan fingerprint density at radius 2 is 2.22 bits per heavy atom. The Kier molecular flexibility index (Phi) is 3.23. The number of fused-ring (bicyclic) bond motifs is 1. The normalized spacial score (nSPS) is 11.1. The summed E-state index contributed by atoms with van der Waals surface area (Å²) in [7, 11) is 1.77. The predicted octanol–water partition coefficient (Wildman–Crippen LogP) is 2.31. The van der Waals surface area contributed by atoms with E-state index in [0.29, 0.717) is 18.4 Å². The molecule has 1 aromatic carbocycles. The topological polar surface area (TPSA) is 64.4 Å². The van der Waals surface area contributed by atoms with Gasteiger partial charge in [-0.05, 0) is 24.1 Å². The molecule has 2 rings (SSSR count). The van der Waals surface area contributed by atoms with Gasteiger partial charge in [-0.2, -0.15) is 0 Å². The summed E-state index contributed by atoms with van der Waals surface area (Å²) in [4.78, 5) is 10.9. The molecule has 0 aliphatic rings. The van der Waals surface area contributed by atoms with Gasteiger partial charge in [0.15, 0.2) is 0 Å². The molecule has 0 aliphatic carbocycles. The number of nitrogens with zero attached hydrogens (tertiary/aromatic N) is 2. The second-order valence-corrected chi connectivity index (χ2v) is 4.67. The van der Waals surface area contributed by atoms with Gasteiger partial charge in [-0.3, -0.25) is 4.68 Å². The molecular weight excluding hydrogens is 232 g/mol. The van der Waals surface area contributed by atoms with E-state index in [1.807, 2.05) is 0 Å². The Bertz CT molecular complexity index is 587. The quantitative estimate of drug-likeness (QED) is 0.901. The van der Waals surface area contributed by atoms with E-state index < -0.39 is 5.97 Å². The fourth-order valence-corrected chi connectivity index (χ4v) is 1.71. The monoisotopic (exact) mass is 248 g/mol. The zero-order valence-electron chi connectivity index (χ0n) is 10.7. The van der Waals surface area contributed by atoms with Crippen LogP contribution in [0.15, 0.2) is 18.2 Å². The predicted molar refractivity (Wildman–Crippen MR) is 68.0 cm³/mol. The minimum absolute atomic E-state index is 0.251. The lowest BCUT2D eigenvalue weighted by atomic mass is 10.1. The molecule has 0 unspecified atom stereocenters. The van der Waals surface area contributed by atoms with Gasteiger partial charge >= 0.3 is 5.97 Å². The van der Waals surface area contributed by atoms with E-state index in [2.05, 4.69) is 18.9 Å². The van der Waals surface area contributed by atoms with E-state index in [4.69, 9.17) is 9.84 Å². The van der Waals surface area contributed by atoms with Crippen molar-refractivity contribution in [2.24, 2.45) is 13.0 Å². The van der Waals surface area contributed by atoms with Crippen LogP contribution < -0.4 is 4.74 Å². The lowest BCUT2D eigenvalue weighted by Gasteiger charge is -2.05. The zero-order chi connectivity index (χ0) is 13.3. The highest BCUT2D eigenvalue weighted by Gasteiger charge is 2.12. The number of hydrogen-bond donors (Lipinski definition) is 1. The number of carbonyl (C=O) groups is 1. The van der Waals surface area contributed by atoms with Crippen LogP contribution in [0.5, 0.6) is 5.88 Å². The van der Waals surface area contributed by atoms with Crippen LogP contribution in [0.25, 0.3) is 10.9 Å². The van der Waals surface area contributed by atoms with E-state index in [1.165, 1.54) is 0 Å². The first kappa shape index (κ1) is 12.4. The first-order valence-electron chi connectivity index (χ1n) is 5.82. The van der Waals surface area contributed by atoms with Gasteiger partial charge in [-0.25, -0.2) is 4.79 Å². The van der Waals surface area contributed by atoms with E-state index in [-0.39, 0.29) is 5.56 Å². The highest BCUT2D eigenvalue weighted by Crippen LogP contribution is 2.25. The number of carboxylic acids is 1. The third-order valence-corrected chi connectivity index (χ3v) is 2.62. The number of hydrogen-bond acceptors (Lipinski definition) is 3. The second kappa shape index (κ2) is 4.68. The van der Waals surface area contributed by atoms with Gasteiger partial charge in [0.25, 0.3) is 0 Å². The zero-order valence-corrected chi connectivity index (χ0v) is 10.7. The van der Waals surface area contributed by atoms with Gasteiger partial charge in [-0.1, -0.05) is 13.8 Å². The average molecular weight is 248 g/mol. The molecule has 0 fully saturated rings. The van der Waals surface area contributed by atoms with Crippen molar-refractivity contribution in [1.82, 2.24) is 9.78 Å². The molecule has 1 heterocycles. The van der Waals surface area contributed by atoms with Crippen molar-refractivity contribution in [2.45, 2.75) is 13.8 Å². The van der Waals surface area contributed by atoms with Crippen molar-refractivity contribution in [2.75, 3.05) is 6.61 Å². The van der Waals surface area contributed by atoms with Gasteiger partial charge in [0.1, 0.15) is 0 Å². The molecule has 0 spiro atoms. The Morgan fingerprint density at radius 3 is 2.83 bits per heavy atom. The summed E-state index contributed by atoms with van der Waals surface area (Å²) in [5, 5.41) is 14.1. The Hall–Kier alpha value is -2.04. The van der Waals surface area contributed by atoms with E-state index in [0.717, 1.165) is 10.9 Å². The van der Waals surface area contributed by atoms with Crippen molar-refractivity contribution >= 4 is 16.9 Å². The number of rotatable bonds is 4. The molecule has 0 saturated carbocycles. The molecule has 1 aromatic heterocycles. The largest absolute Gasteiger partial charge is 0.478 e. The summed E-state index contributed by atoms with van der Waals surface area (Å²) < 4.78 is 7.26. The van der Waals surface area contributed by atoms with Crippen molar-refractivity contribution in [3.63, 3.8) is 0 Å². The smallest absolute Gasteiger partial charge is 0.335 e. The maximum absolute atomic E-state index is 10.9. The van der Waals surface area contributed by atoms with Gasteiger partial charge < -0.3 is 9.84 Å². The maximum atomic E-state index is 10.9. The summed E-state index contributed by atoms with van der Waals surface area (Å²) >= 11 is 0. The fraction of sp³-hybridized carbons (Fsp3) is 0.385. The summed E-state index contributed by atoms with van der Waals surface area (Å²) in [6.45, 7) is 4.72. The second-order valence-electron chi connectivity index (χ2n) is 4.67. The number of aryl methyl sites for hydroxylation is 1. The van der Waals surface area contributed by atoms with Crippen LogP contribution in [0, 0.1) is 5.92 Å². The lowest BCUT2D eigenvalue weighted by Crippen LogP contribution is -2.05. The van der Waals surface area contributed by atoms with Gasteiger partial charge in [0, 0.05) is 7.05 Å². The SMILES string of the molecule is CC(C)COc1nn(C)c2cc(C(=O)O)ccc12. The molecule has 18 heavy (non-hydrogen) atoms. The summed E-state index contributed by atoms with van der Waals surface area (Å²) in [6.07, 6.45) is 0. The Morgan fingerprint density at radius 1 is 1.50 bits per heavy atom. The van der Waals surface area contributed by atoms with Crippen LogP contribution in [0.1, 0.15) is 24.2 Å². The molecule has 5 nitrogen and oxygen atoms in total. The molecule has 0 amide bonds. The van der Waals surface area contributed by atoms with Gasteiger partial charge in [-0.15, -0.1) is 5.10 Å². The number of carboxylic acid groups (broad SMARTS) is 1. The lowest BCUT2D eigenvalue weighted by molar-refractivity contribution is 0.0697. The van der Waals surface area contributed by atoms with Crippen LogP contribution in [-0.2, 0) is 7.05 Å². The first-order chi connectivity index (χ1) is 8.49. The molecule has 0 bridgehead atoms. The van der Waals surface area contributed by atoms with Crippen molar-refractivity contribution in [3.8, 4) is 5.88 Å². The van der Waals surface area contributed by atoms with Crippen LogP contribution >= 0.6 is 0 Å². The molecule has 96 valence electrons. The summed E-state index contributed by atoms with van der Waals surface area (Å²) in [5.41, 5.74) is 1.01. The molecule has 0 saturated heterocycles. The highest BCUT2D eigenvalue weighted by atomic mass is 16.5. The highest BCUT2D eigenvalue weighted by molar-refractivity contribution is 5.94. The van der Waals surface area contributed by atoms with Crippen molar-refractivity contribution in [3.05, 3.63) is 23.8 Å². The van der Waals surface area contributed by atoms with Crippen LogP contribution in [-0.4, -0.2) is 27.5 Å². The summed E-state index contributed by atoms with van der Waals surface area (Å²) in [6, 6.07) is 4.91. The van der Waals surface area contributed by atoms with Crippen LogP contribution in [0.2, 0.25) is 0 Å². The van der Waals surface area contributed by atoms with Gasteiger partial charge in [0.2, 0.25) is 5.88 Å². The van der Waals surface area contributed by atoms with Crippen molar-refractivity contribution < 1.29 is 14.6 Å². The van der Waals surface area contributed by atoms with Gasteiger partial charge in [0.05, 0.1) is 23.1 Å². The molecule has 5 heteroatoms. The van der Waals surface area contributed by atoms with E-state index >= 15 is 0 Å². The molecule has 0 atom stereocenters. The Labute approximate surface area is 105 Å². The van der Waals surface area contributed by atoms with Crippen LogP contribution in [0.4, 0.5) is 0 Å². The fourth-order valence-electron chi connectivity index (χ4n) is 1.71. The number of ether oxygens (including phenoxy) is 1. The third-order valence-electron chi connectivity index (χ3n) is 2.62. The maximum Gasteiger partial charge on any atom is 0.335 e. The molecule has 2 aromatic rings. The van der Waals surface area contributed by atoms with Crippen LogP contribution in [0.3, 0.4) is 0 Å². The third kappa shape index (κ3) is 2.30. The molecule has 1 N–H and O–H groups in total. The number of benzene rings is 1. The van der Waals surface area contributed by atoms with E-state index in [9.17, 15) is 4.79 Å². The Balaban J connectivity index is 2.42.